The Hall–Kier alpha value is -2.67. The summed E-state index contributed by atoms with van der Waals surface area (Å²) in [6, 6.07) is 6.53. The lowest BCUT2D eigenvalue weighted by Gasteiger charge is -2.08. The Morgan fingerprint density at radius 3 is 2.70 bits per heavy atom. The number of non-ortho nitro benzene ring substituents is 1. The molecule has 7 nitrogen and oxygen atoms in total. The first kappa shape index (κ1) is 13.8. The molecule has 102 valence electrons. The van der Waals surface area contributed by atoms with Crippen molar-refractivity contribution in [2.45, 2.75) is 0 Å². The van der Waals surface area contributed by atoms with E-state index in [0.717, 1.165) is 6.07 Å². The fourth-order valence-corrected chi connectivity index (χ4v) is 1.65. The molecule has 20 heavy (non-hydrogen) atoms. The zero-order chi connectivity index (χ0) is 14.7. The number of pyridine rings is 1. The second-order valence-electron chi connectivity index (χ2n) is 3.63. The summed E-state index contributed by atoms with van der Waals surface area (Å²) >= 11 is 5.86. The van der Waals surface area contributed by atoms with Crippen molar-refractivity contribution >= 4 is 23.3 Å². The molecule has 0 radical (unpaired) electrons. The van der Waals surface area contributed by atoms with Crippen LogP contribution < -0.4 is 4.74 Å². The molecule has 0 aliphatic rings. The Balaban J connectivity index is 2.36. The third-order valence-electron chi connectivity index (χ3n) is 2.32. The molecule has 0 atom stereocenters. The maximum Gasteiger partial charge on any atom is 0.358 e. The molecule has 0 amide bonds. The summed E-state index contributed by atoms with van der Waals surface area (Å²) in [6.45, 7) is 0. The molecule has 0 bridgehead atoms. The predicted molar refractivity (Wildman–Crippen MR) is 69.4 cm³/mol. The highest BCUT2D eigenvalue weighted by Crippen LogP contribution is 2.33. The summed E-state index contributed by atoms with van der Waals surface area (Å²) in [5.41, 5.74) is -0.464. The van der Waals surface area contributed by atoms with E-state index in [2.05, 4.69) is 4.98 Å². The summed E-state index contributed by atoms with van der Waals surface area (Å²) in [4.78, 5) is 24.6. The number of aromatic carboxylic acids is 1. The van der Waals surface area contributed by atoms with E-state index in [0.29, 0.717) is 0 Å². The van der Waals surface area contributed by atoms with Crippen LogP contribution in [0.1, 0.15) is 10.5 Å². The van der Waals surface area contributed by atoms with Crippen LogP contribution in [0.25, 0.3) is 0 Å². The molecule has 2 rings (SSSR count). The van der Waals surface area contributed by atoms with Gasteiger partial charge in [-0.15, -0.1) is 0 Å². The Morgan fingerprint density at radius 2 is 2.10 bits per heavy atom. The van der Waals surface area contributed by atoms with Gasteiger partial charge in [0.2, 0.25) is 0 Å². The van der Waals surface area contributed by atoms with Crippen LogP contribution in [-0.2, 0) is 0 Å². The van der Waals surface area contributed by atoms with Crippen molar-refractivity contribution in [3.8, 4) is 11.5 Å². The van der Waals surface area contributed by atoms with Crippen molar-refractivity contribution < 1.29 is 19.6 Å². The van der Waals surface area contributed by atoms with Crippen LogP contribution >= 0.6 is 11.6 Å². The highest BCUT2D eigenvalue weighted by molar-refractivity contribution is 6.32. The van der Waals surface area contributed by atoms with Crippen LogP contribution in [0.4, 0.5) is 5.69 Å². The van der Waals surface area contributed by atoms with Crippen LogP contribution in [0.2, 0.25) is 5.02 Å². The summed E-state index contributed by atoms with van der Waals surface area (Å²) in [5, 5.41) is 19.5. The lowest BCUT2D eigenvalue weighted by Crippen LogP contribution is -2.02. The Bertz CT molecular complexity index is 689. The second kappa shape index (κ2) is 5.54. The smallest absolute Gasteiger partial charge is 0.358 e. The molecule has 0 fully saturated rings. The number of nitrogens with zero attached hydrogens (tertiary/aromatic N) is 2. The number of halogens is 1. The number of nitro groups is 1. The minimum atomic E-state index is -1.25. The molecule has 1 heterocycles. The Morgan fingerprint density at radius 1 is 1.35 bits per heavy atom. The van der Waals surface area contributed by atoms with E-state index in [1.807, 2.05) is 0 Å². The molecule has 0 unspecified atom stereocenters. The van der Waals surface area contributed by atoms with Gasteiger partial charge in [-0.2, -0.15) is 0 Å². The van der Waals surface area contributed by atoms with Crippen molar-refractivity contribution in [2.75, 3.05) is 0 Å². The first-order chi connectivity index (χ1) is 9.49. The first-order valence-corrected chi connectivity index (χ1v) is 5.67. The van der Waals surface area contributed by atoms with Gasteiger partial charge in [0.05, 0.1) is 9.95 Å². The maximum atomic E-state index is 11.0. The van der Waals surface area contributed by atoms with Gasteiger partial charge in [0.25, 0.3) is 5.69 Å². The predicted octanol–water partition coefficient (Wildman–Crippen LogP) is 3.13. The number of carboxylic acid groups (broad SMARTS) is 1. The SMILES string of the molecule is O=C(O)c1ncccc1Oc1ccc([N+](=O)[O-])cc1Cl. The van der Waals surface area contributed by atoms with Crippen molar-refractivity contribution in [3.05, 3.63) is 57.4 Å². The number of hydrogen-bond donors (Lipinski definition) is 1. The maximum absolute atomic E-state index is 11.0. The summed E-state index contributed by atoms with van der Waals surface area (Å²) in [6.07, 6.45) is 1.31. The van der Waals surface area contributed by atoms with E-state index in [9.17, 15) is 14.9 Å². The van der Waals surface area contributed by atoms with Crippen molar-refractivity contribution in [1.82, 2.24) is 4.98 Å². The van der Waals surface area contributed by atoms with Gasteiger partial charge in [-0.05, 0) is 18.2 Å². The highest BCUT2D eigenvalue weighted by atomic mass is 35.5. The lowest BCUT2D eigenvalue weighted by molar-refractivity contribution is -0.384. The fraction of sp³-hybridized carbons (Fsp3) is 0. The van der Waals surface area contributed by atoms with Gasteiger partial charge in [0.15, 0.2) is 11.4 Å². The van der Waals surface area contributed by atoms with Gasteiger partial charge in [-0.25, -0.2) is 9.78 Å². The highest BCUT2D eigenvalue weighted by Gasteiger charge is 2.16. The second-order valence-corrected chi connectivity index (χ2v) is 4.04. The number of carboxylic acids is 1. The van der Waals surface area contributed by atoms with Crippen LogP contribution in [0, 0.1) is 10.1 Å². The topological polar surface area (TPSA) is 103 Å². The van der Waals surface area contributed by atoms with Crippen LogP contribution in [0.5, 0.6) is 11.5 Å². The molecular formula is C12H7ClN2O5. The third-order valence-corrected chi connectivity index (χ3v) is 2.61. The number of hydrogen-bond acceptors (Lipinski definition) is 5. The Kier molecular flexibility index (Phi) is 3.81. The largest absolute Gasteiger partial charge is 0.476 e. The van der Waals surface area contributed by atoms with Gasteiger partial charge in [0.1, 0.15) is 5.75 Å². The molecule has 1 N–H and O–H groups in total. The molecule has 1 aromatic heterocycles. The molecular weight excluding hydrogens is 288 g/mol. The molecule has 1 aromatic carbocycles. The van der Waals surface area contributed by atoms with E-state index in [1.54, 1.807) is 0 Å². The molecule has 0 aliphatic carbocycles. The first-order valence-electron chi connectivity index (χ1n) is 5.29. The van der Waals surface area contributed by atoms with Crippen molar-refractivity contribution in [3.63, 3.8) is 0 Å². The summed E-state index contributed by atoms with van der Waals surface area (Å²) in [5.74, 6) is -1.15. The standard InChI is InChI=1S/C12H7ClN2O5/c13-8-6-7(15(18)19)3-4-9(8)20-10-2-1-5-14-11(10)12(16)17/h1-6H,(H,16,17). The third kappa shape index (κ3) is 2.83. The van der Waals surface area contributed by atoms with Crippen LogP contribution in [0.15, 0.2) is 36.5 Å². The van der Waals surface area contributed by atoms with Crippen molar-refractivity contribution in [1.29, 1.82) is 0 Å². The monoisotopic (exact) mass is 294 g/mol. The van der Waals surface area contributed by atoms with Crippen LogP contribution in [0.3, 0.4) is 0 Å². The van der Waals surface area contributed by atoms with E-state index >= 15 is 0 Å². The normalized spacial score (nSPS) is 10.1. The van der Waals surface area contributed by atoms with Gasteiger partial charge in [0, 0.05) is 18.3 Å². The average Bonchev–Trinajstić information content (AvgIpc) is 2.41. The quantitative estimate of drug-likeness (QED) is 0.686. The number of ether oxygens (including phenoxy) is 1. The van der Waals surface area contributed by atoms with Gasteiger partial charge in [-0.1, -0.05) is 11.6 Å². The minimum absolute atomic E-state index is 0.000563. The fourth-order valence-electron chi connectivity index (χ4n) is 1.44. The summed E-state index contributed by atoms with van der Waals surface area (Å²) in [7, 11) is 0. The molecule has 0 saturated carbocycles. The number of nitro benzene ring substituents is 1. The molecule has 0 aliphatic heterocycles. The lowest BCUT2D eigenvalue weighted by atomic mass is 10.3. The number of carbonyl (C=O) groups is 1. The Labute approximate surface area is 117 Å². The van der Waals surface area contributed by atoms with E-state index in [-0.39, 0.29) is 27.9 Å². The molecule has 0 saturated heterocycles. The van der Waals surface area contributed by atoms with Gasteiger partial charge < -0.3 is 9.84 Å². The number of rotatable bonds is 4. The number of aromatic nitrogens is 1. The zero-order valence-corrected chi connectivity index (χ0v) is 10.6. The minimum Gasteiger partial charge on any atom is -0.476 e. The molecule has 0 spiro atoms. The van der Waals surface area contributed by atoms with E-state index in [4.69, 9.17) is 21.4 Å². The molecule has 2 aromatic rings. The van der Waals surface area contributed by atoms with E-state index < -0.39 is 10.9 Å². The zero-order valence-electron chi connectivity index (χ0n) is 9.82. The van der Waals surface area contributed by atoms with Gasteiger partial charge >= 0.3 is 5.97 Å². The number of benzene rings is 1. The van der Waals surface area contributed by atoms with Crippen LogP contribution in [-0.4, -0.2) is 21.0 Å². The van der Waals surface area contributed by atoms with E-state index in [1.165, 1.54) is 30.5 Å². The van der Waals surface area contributed by atoms with Gasteiger partial charge in [-0.3, -0.25) is 10.1 Å². The van der Waals surface area contributed by atoms with Crippen molar-refractivity contribution in [2.24, 2.45) is 0 Å². The summed E-state index contributed by atoms with van der Waals surface area (Å²) < 4.78 is 5.34. The average molecular weight is 295 g/mol. The molecule has 8 heteroatoms.